The summed E-state index contributed by atoms with van der Waals surface area (Å²) in [5, 5.41) is 3.97. The van der Waals surface area contributed by atoms with Crippen molar-refractivity contribution in [1.82, 2.24) is 10.1 Å². The van der Waals surface area contributed by atoms with Crippen LogP contribution in [0.1, 0.15) is 5.89 Å². The van der Waals surface area contributed by atoms with E-state index in [2.05, 4.69) is 26.1 Å². The van der Waals surface area contributed by atoms with E-state index in [0.29, 0.717) is 23.2 Å². The zero-order chi connectivity index (χ0) is 16.9. The highest BCUT2D eigenvalue weighted by atomic mass is 79.9. The summed E-state index contributed by atoms with van der Waals surface area (Å²) >= 11 is 3.38. The molecule has 2 aromatic carbocycles. The number of benzene rings is 2. The number of nitrogens with zero attached hydrogens (tertiary/aromatic N) is 2. The van der Waals surface area contributed by atoms with Gasteiger partial charge < -0.3 is 18.7 Å². The van der Waals surface area contributed by atoms with Crippen molar-refractivity contribution >= 4 is 15.9 Å². The van der Waals surface area contributed by atoms with Gasteiger partial charge in [-0.1, -0.05) is 21.1 Å². The average molecular weight is 391 g/mol. The van der Waals surface area contributed by atoms with E-state index in [-0.39, 0.29) is 6.61 Å². The highest BCUT2D eigenvalue weighted by Crippen LogP contribution is 2.31. The number of methoxy groups -OCH3 is 2. The summed E-state index contributed by atoms with van der Waals surface area (Å²) in [5.41, 5.74) is 0.770. The second-order valence-electron chi connectivity index (χ2n) is 4.82. The molecule has 0 amide bonds. The molecular weight excluding hydrogens is 376 g/mol. The molecule has 0 atom stereocenters. The van der Waals surface area contributed by atoms with Crippen LogP contribution in [0.15, 0.2) is 51.5 Å². The van der Waals surface area contributed by atoms with Crippen LogP contribution in [-0.2, 0) is 6.61 Å². The van der Waals surface area contributed by atoms with Crippen LogP contribution in [0.5, 0.6) is 17.2 Å². The first-order valence-corrected chi connectivity index (χ1v) is 7.92. The van der Waals surface area contributed by atoms with Gasteiger partial charge >= 0.3 is 0 Å². The maximum absolute atomic E-state index is 5.62. The van der Waals surface area contributed by atoms with Gasteiger partial charge in [0.15, 0.2) is 18.1 Å². The van der Waals surface area contributed by atoms with Crippen LogP contribution in [-0.4, -0.2) is 24.4 Å². The molecule has 0 saturated heterocycles. The minimum absolute atomic E-state index is 0.196. The maximum Gasteiger partial charge on any atom is 0.264 e. The van der Waals surface area contributed by atoms with E-state index in [4.69, 9.17) is 18.7 Å². The molecule has 0 radical (unpaired) electrons. The van der Waals surface area contributed by atoms with E-state index in [9.17, 15) is 0 Å². The summed E-state index contributed by atoms with van der Waals surface area (Å²) in [6.07, 6.45) is 0. The van der Waals surface area contributed by atoms with E-state index in [0.717, 1.165) is 15.8 Å². The fourth-order valence-electron chi connectivity index (χ4n) is 2.08. The number of halogens is 1. The Hall–Kier alpha value is -2.54. The van der Waals surface area contributed by atoms with Crippen molar-refractivity contribution in [2.24, 2.45) is 0 Å². The predicted molar refractivity (Wildman–Crippen MR) is 91.3 cm³/mol. The molecular formula is C17H15BrN2O4. The van der Waals surface area contributed by atoms with Gasteiger partial charge in [0, 0.05) is 10.0 Å². The van der Waals surface area contributed by atoms with Crippen LogP contribution in [0.3, 0.4) is 0 Å². The van der Waals surface area contributed by atoms with Gasteiger partial charge in [-0.05, 0) is 42.5 Å². The number of rotatable bonds is 6. The van der Waals surface area contributed by atoms with Crippen molar-refractivity contribution < 1.29 is 18.7 Å². The van der Waals surface area contributed by atoms with Crippen LogP contribution in [0.2, 0.25) is 0 Å². The van der Waals surface area contributed by atoms with E-state index < -0.39 is 0 Å². The van der Waals surface area contributed by atoms with Gasteiger partial charge in [-0.25, -0.2) is 0 Å². The largest absolute Gasteiger partial charge is 0.493 e. The molecule has 0 saturated carbocycles. The molecule has 24 heavy (non-hydrogen) atoms. The first-order chi connectivity index (χ1) is 11.7. The van der Waals surface area contributed by atoms with Gasteiger partial charge in [-0.2, -0.15) is 4.98 Å². The molecule has 0 unspecified atom stereocenters. The predicted octanol–water partition coefficient (Wildman–Crippen LogP) is 4.10. The van der Waals surface area contributed by atoms with E-state index in [1.54, 1.807) is 26.4 Å². The fraction of sp³-hybridized carbons (Fsp3) is 0.176. The number of ether oxygens (including phenoxy) is 3. The van der Waals surface area contributed by atoms with Gasteiger partial charge in [0.05, 0.1) is 14.2 Å². The van der Waals surface area contributed by atoms with Crippen LogP contribution in [0.4, 0.5) is 0 Å². The molecule has 1 heterocycles. The van der Waals surface area contributed by atoms with Crippen molar-refractivity contribution in [2.75, 3.05) is 14.2 Å². The molecule has 0 aliphatic heterocycles. The third-order valence-corrected chi connectivity index (χ3v) is 3.81. The molecule has 7 heteroatoms. The highest BCUT2D eigenvalue weighted by Gasteiger charge is 2.12. The summed E-state index contributed by atoms with van der Waals surface area (Å²) in [6.45, 7) is 0.196. The van der Waals surface area contributed by atoms with Crippen LogP contribution in [0.25, 0.3) is 11.4 Å². The summed E-state index contributed by atoms with van der Waals surface area (Å²) in [5.74, 6) is 2.83. The zero-order valence-corrected chi connectivity index (χ0v) is 14.7. The van der Waals surface area contributed by atoms with Crippen LogP contribution in [0, 0.1) is 0 Å². The van der Waals surface area contributed by atoms with Crippen molar-refractivity contribution in [3.63, 3.8) is 0 Å². The third kappa shape index (κ3) is 3.68. The fourth-order valence-corrected chi connectivity index (χ4v) is 2.35. The topological polar surface area (TPSA) is 66.6 Å². The lowest BCUT2D eigenvalue weighted by Gasteiger charge is -2.07. The molecule has 0 aliphatic carbocycles. The summed E-state index contributed by atoms with van der Waals surface area (Å²) in [6, 6.07) is 12.9. The van der Waals surface area contributed by atoms with Gasteiger partial charge in [-0.3, -0.25) is 0 Å². The first kappa shape index (κ1) is 16.3. The smallest absolute Gasteiger partial charge is 0.264 e. The summed E-state index contributed by atoms with van der Waals surface area (Å²) in [4.78, 5) is 4.34. The molecule has 0 spiro atoms. The molecule has 0 fully saturated rings. The Morgan fingerprint density at radius 1 is 1.00 bits per heavy atom. The Balaban J connectivity index is 1.72. The number of aromatic nitrogens is 2. The van der Waals surface area contributed by atoms with Gasteiger partial charge in [0.2, 0.25) is 5.82 Å². The number of hydrogen-bond acceptors (Lipinski definition) is 6. The normalized spacial score (nSPS) is 10.5. The Labute approximate surface area is 147 Å². The lowest BCUT2D eigenvalue weighted by atomic mass is 10.2. The molecule has 3 rings (SSSR count). The van der Waals surface area contributed by atoms with Crippen molar-refractivity contribution in [1.29, 1.82) is 0 Å². The first-order valence-electron chi connectivity index (χ1n) is 7.13. The minimum Gasteiger partial charge on any atom is -0.493 e. The van der Waals surface area contributed by atoms with Gasteiger partial charge in [-0.15, -0.1) is 0 Å². The van der Waals surface area contributed by atoms with Crippen molar-refractivity contribution in [3.05, 3.63) is 52.8 Å². The lowest BCUT2D eigenvalue weighted by Crippen LogP contribution is -1.95. The monoisotopic (exact) mass is 390 g/mol. The van der Waals surface area contributed by atoms with Crippen molar-refractivity contribution in [3.8, 4) is 28.6 Å². The standard InChI is InChI=1S/C17H15BrN2O4/c1-21-14-8-3-11(9-15(14)22-2)17-19-16(24-20-17)10-23-13-6-4-12(18)5-7-13/h3-9H,10H2,1-2H3. The Kier molecular flexibility index (Phi) is 5.00. The molecule has 1 aromatic heterocycles. The Bertz CT molecular complexity index is 818. The van der Waals surface area contributed by atoms with Crippen LogP contribution >= 0.6 is 15.9 Å². The van der Waals surface area contributed by atoms with Crippen LogP contribution < -0.4 is 14.2 Å². The Morgan fingerprint density at radius 2 is 1.75 bits per heavy atom. The molecule has 0 bridgehead atoms. The molecule has 124 valence electrons. The average Bonchev–Trinajstić information content (AvgIpc) is 3.09. The number of hydrogen-bond donors (Lipinski definition) is 0. The van der Waals surface area contributed by atoms with Gasteiger partial charge in [0.25, 0.3) is 5.89 Å². The summed E-state index contributed by atoms with van der Waals surface area (Å²) in [7, 11) is 3.17. The second-order valence-corrected chi connectivity index (χ2v) is 5.74. The molecule has 6 nitrogen and oxygen atoms in total. The third-order valence-electron chi connectivity index (χ3n) is 3.29. The lowest BCUT2D eigenvalue weighted by molar-refractivity contribution is 0.243. The van der Waals surface area contributed by atoms with E-state index in [1.807, 2.05) is 30.3 Å². The van der Waals surface area contributed by atoms with E-state index >= 15 is 0 Å². The summed E-state index contributed by atoms with van der Waals surface area (Å²) < 4.78 is 22.3. The molecule has 3 aromatic rings. The van der Waals surface area contributed by atoms with Gasteiger partial charge in [0.1, 0.15) is 5.75 Å². The minimum atomic E-state index is 0.196. The maximum atomic E-state index is 5.62. The van der Waals surface area contributed by atoms with E-state index in [1.165, 1.54) is 0 Å². The second kappa shape index (κ2) is 7.35. The quantitative estimate of drug-likeness (QED) is 0.631. The Morgan fingerprint density at radius 3 is 2.46 bits per heavy atom. The molecule has 0 N–H and O–H groups in total. The zero-order valence-electron chi connectivity index (χ0n) is 13.2. The molecule has 0 aliphatic rings. The SMILES string of the molecule is COc1ccc(-c2noc(COc3ccc(Br)cc3)n2)cc1OC. The van der Waals surface area contributed by atoms with Crippen molar-refractivity contribution in [2.45, 2.75) is 6.61 Å². The highest BCUT2D eigenvalue weighted by molar-refractivity contribution is 9.10.